The monoisotopic (exact) mass is 351 g/mol. The van der Waals surface area contributed by atoms with Crippen LogP contribution in [0.5, 0.6) is 5.75 Å². The molecule has 0 bridgehead atoms. The summed E-state index contributed by atoms with van der Waals surface area (Å²) in [6, 6.07) is 1.82. The molecular formula is C11H11ClINO2. The van der Waals surface area contributed by atoms with E-state index >= 15 is 0 Å². The van der Waals surface area contributed by atoms with E-state index in [1.807, 2.05) is 13.0 Å². The molecule has 0 aromatic heterocycles. The van der Waals surface area contributed by atoms with Gasteiger partial charge in [-0.25, -0.2) is 0 Å². The first kappa shape index (κ1) is 12.0. The minimum absolute atomic E-state index is 0.0525. The number of rotatable bonds is 3. The molecule has 1 aromatic carbocycles. The Morgan fingerprint density at radius 3 is 3.06 bits per heavy atom. The zero-order valence-corrected chi connectivity index (χ0v) is 11.7. The predicted molar refractivity (Wildman–Crippen MR) is 71.1 cm³/mol. The van der Waals surface area contributed by atoms with E-state index in [1.54, 1.807) is 0 Å². The van der Waals surface area contributed by atoms with Crippen LogP contribution in [-0.2, 0) is 6.54 Å². The highest BCUT2D eigenvalue weighted by atomic mass is 127. The molecule has 1 aromatic rings. The Hall–Kier alpha value is -0.490. The Bertz CT molecular complexity index is 448. The van der Waals surface area contributed by atoms with Crippen molar-refractivity contribution in [1.82, 2.24) is 5.32 Å². The van der Waals surface area contributed by atoms with Gasteiger partial charge in [-0.05, 0) is 35.1 Å². The van der Waals surface area contributed by atoms with Crippen LogP contribution in [0.25, 0.3) is 0 Å². The lowest BCUT2D eigenvalue weighted by Crippen LogP contribution is -2.13. The van der Waals surface area contributed by atoms with Gasteiger partial charge in [0.05, 0.1) is 17.2 Å². The van der Waals surface area contributed by atoms with Crippen molar-refractivity contribution in [2.24, 2.45) is 0 Å². The summed E-state index contributed by atoms with van der Waals surface area (Å²) in [4.78, 5) is 11.5. The molecule has 0 atom stereocenters. The Labute approximate surface area is 113 Å². The van der Waals surface area contributed by atoms with Gasteiger partial charge in [0.15, 0.2) is 0 Å². The van der Waals surface area contributed by atoms with Crippen LogP contribution >= 0.6 is 34.2 Å². The van der Waals surface area contributed by atoms with E-state index in [4.69, 9.17) is 16.3 Å². The smallest absolute Gasteiger partial charge is 0.253 e. The van der Waals surface area contributed by atoms with E-state index < -0.39 is 0 Å². The van der Waals surface area contributed by atoms with Crippen LogP contribution < -0.4 is 10.1 Å². The van der Waals surface area contributed by atoms with E-state index in [-0.39, 0.29) is 5.91 Å². The van der Waals surface area contributed by atoms with Gasteiger partial charge in [0, 0.05) is 15.7 Å². The van der Waals surface area contributed by atoms with Crippen molar-refractivity contribution in [2.45, 2.75) is 19.9 Å². The van der Waals surface area contributed by atoms with Crippen molar-refractivity contribution in [2.75, 3.05) is 6.61 Å². The fourth-order valence-electron chi connectivity index (χ4n) is 1.64. The van der Waals surface area contributed by atoms with Crippen LogP contribution in [-0.4, -0.2) is 12.5 Å². The molecular weight excluding hydrogens is 340 g/mol. The van der Waals surface area contributed by atoms with Gasteiger partial charge >= 0.3 is 0 Å². The highest BCUT2D eigenvalue weighted by Gasteiger charge is 2.26. The van der Waals surface area contributed by atoms with Crippen LogP contribution in [0, 0.1) is 3.57 Å². The number of amides is 1. The molecule has 0 saturated heterocycles. The number of benzene rings is 1. The number of nitrogens with one attached hydrogen (secondary N) is 1. The maximum Gasteiger partial charge on any atom is 0.253 e. The molecule has 0 saturated carbocycles. The Kier molecular flexibility index (Phi) is 3.59. The summed E-state index contributed by atoms with van der Waals surface area (Å²) in [5.74, 6) is 0.617. The van der Waals surface area contributed by atoms with Crippen LogP contribution in [0.4, 0.5) is 0 Å². The molecule has 1 aliphatic rings. The summed E-state index contributed by atoms with van der Waals surface area (Å²) >= 11 is 8.34. The summed E-state index contributed by atoms with van der Waals surface area (Å²) in [7, 11) is 0. The minimum Gasteiger partial charge on any atom is -0.492 e. The second-order valence-electron chi connectivity index (χ2n) is 3.56. The van der Waals surface area contributed by atoms with Gasteiger partial charge < -0.3 is 10.1 Å². The molecule has 1 N–H and O–H groups in total. The van der Waals surface area contributed by atoms with Gasteiger partial charge in [0.25, 0.3) is 5.91 Å². The van der Waals surface area contributed by atoms with Crippen molar-refractivity contribution in [3.05, 3.63) is 25.8 Å². The molecule has 0 aliphatic carbocycles. The Balaban J connectivity index is 2.44. The molecule has 3 nitrogen and oxygen atoms in total. The second kappa shape index (κ2) is 4.79. The number of carbonyl (C=O) groups is 1. The highest BCUT2D eigenvalue weighted by molar-refractivity contribution is 14.1. The second-order valence-corrected chi connectivity index (χ2v) is 5.10. The fourth-order valence-corrected chi connectivity index (χ4v) is 2.76. The topological polar surface area (TPSA) is 38.3 Å². The lowest BCUT2D eigenvalue weighted by Gasteiger charge is -2.10. The average molecular weight is 352 g/mol. The zero-order valence-electron chi connectivity index (χ0n) is 8.77. The summed E-state index contributed by atoms with van der Waals surface area (Å²) in [6.07, 6.45) is 0.932. The molecule has 5 heteroatoms. The third-order valence-electron chi connectivity index (χ3n) is 2.39. The van der Waals surface area contributed by atoms with Crippen molar-refractivity contribution >= 4 is 40.1 Å². The molecule has 0 radical (unpaired) electrons. The lowest BCUT2D eigenvalue weighted by molar-refractivity contribution is 0.0965. The van der Waals surface area contributed by atoms with Crippen molar-refractivity contribution in [3.63, 3.8) is 0 Å². The van der Waals surface area contributed by atoms with Gasteiger partial charge in [-0.2, -0.15) is 0 Å². The fraction of sp³-hybridized carbons (Fsp3) is 0.364. The number of hydrogen-bond donors (Lipinski definition) is 1. The number of halogens is 2. The molecule has 86 valence electrons. The van der Waals surface area contributed by atoms with E-state index in [9.17, 15) is 4.79 Å². The lowest BCUT2D eigenvalue weighted by atomic mass is 10.1. The quantitative estimate of drug-likeness (QED) is 0.850. The Morgan fingerprint density at radius 2 is 2.38 bits per heavy atom. The van der Waals surface area contributed by atoms with Gasteiger partial charge in [0.2, 0.25) is 0 Å². The summed E-state index contributed by atoms with van der Waals surface area (Å²) in [5.41, 5.74) is 1.54. The van der Waals surface area contributed by atoms with E-state index in [1.165, 1.54) is 0 Å². The molecule has 0 unspecified atom stereocenters. The molecule has 1 heterocycles. The van der Waals surface area contributed by atoms with E-state index in [0.717, 1.165) is 15.6 Å². The van der Waals surface area contributed by atoms with Gasteiger partial charge in [-0.15, -0.1) is 0 Å². The Morgan fingerprint density at radius 1 is 1.62 bits per heavy atom. The van der Waals surface area contributed by atoms with Crippen LogP contribution in [0.2, 0.25) is 5.02 Å². The molecule has 0 spiro atoms. The number of ether oxygens (including phenoxy) is 1. The third kappa shape index (κ3) is 2.00. The number of hydrogen-bond acceptors (Lipinski definition) is 2. The third-order valence-corrected chi connectivity index (χ3v) is 3.66. The minimum atomic E-state index is -0.0525. The normalized spacial score (nSPS) is 13.6. The first-order valence-electron chi connectivity index (χ1n) is 5.07. The SMILES string of the molecule is CCCOc1cc(I)c2c(c1Cl)CNC2=O. The maximum atomic E-state index is 11.5. The van der Waals surface area contributed by atoms with E-state index in [2.05, 4.69) is 27.9 Å². The van der Waals surface area contributed by atoms with E-state index in [0.29, 0.717) is 29.5 Å². The largest absolute Gasteiger partial charge is 0.492 e. The predicted octanol–water partition coefficient (Wildman–Crippen LogP) is 2.98. The first-order valence-corrected chi connectivity index (χ1v) is 6.52. The molecule has 1 amide bonds. The standard InChI is InChI=1S/C11H11ClINO2/c1-2-3-16-8-4-7(13)9-6(10(8)12)5-14-11(9)15/h4H,2-3,5H2,1H3,(H,14,15). The molecule has 2 rings (SSSR count). The van der Waals surface area contributed by atoms with Crippen molar-refractivity contribution in [3.8, 4) is 5.75 Å². The van der Waals surface area contributed by atoms with Crippen LogP contribution in [0.3, 0.4) is 0 Å². The molecule has 1 aliphatic heterocycles. The number of carbonyl (C=O) groups excluding carboxylic acids is 1. The van der Waals surface area contributed by atoms with Crippen molar-refractivity contribution < 1.29 is 9.53 Å². The molecule has 0 fully saturated rings. The van der Waals surface area contributed by atoms with Gasteiger partial charge in [-0.1, -0.05) is 18.5 Å². The highest BCUT2D eigenvalue weighted by Crippen LogP contribution is 2.36. The van der Waals surface area contributed by atoms with Gasteiger partial charge in [0.1, 0.15) is 5.75 Å². The average Bonchev–Trinajstić information content (AvgIpc) is 2.64. The molecule has 16 heavy (non-hydrogen) atoms. The summed E-state index contributed by atoms with van der Waals surface area (Å²) in [6.45, 7) is 3.17. The summed E-state index contributed by atoms with van der Waals surface area (Å²) in [5, 5.41) is 3.32. The maximum absolute atomic E-state index is 11.5. The number of fused-ring (bicyclic) bond motifs is 1. The zero-order chi connectivity index (χ0) is 11.7. The van der Waals surface area contributed by atoms with Gasteiger partial charge in [-0.3, -0.25) is 4.79 Å². The van der Waals surface area contributed by atoms with Crippen molar-refractivity contribution in [1.29, 1.82) is 0 Å². The van der Waals surface area contributed by atoms with Crippen LogP contribution in [0.1, 0.15) is 29.3 Å². The summed E-state index contributed by atoms with van der Waals surface area (Å²) < 4.78 is 6.44. The van der Waals surface area contributed by atoms with Crippen LogP contribution in [0.15, 0.2) is 6.07 Å². The first-order chi connectivity index (χ1) is 7.65.